The van der Waals surface area contributed by atoms with Gasteiger partial charge in [-0.25, -0.2) is 0 Å². The lowest BCUT2D eigenvalue weighted by atomic mass is 10.0. The molecule has 0 rings (SSSR count). The highest BCUT2D eigenvalue weighted by Crippen LogP contribution is 2.19. The van der Waals surface area contributed by atoms with Gasteiger partial charge in [0, 0.05) is 12.8 Å². The molecule has 6 heteroatoms. The van der Waals surface area contributed by atoms with E-state index in [0.717, 1.165) is 44.9 Å². The number of carbonyl (C=O) groups is 2. The van der Waals surface area contributed by atoms with Crippen LogP contribution in [0.5, 0.6) is 0 Å². The van der Waals surface area contributed by atoms with E-state index in [1.54, 1.807) is 0 Å². The fourth-order valence-corrected chi connectivity index (χ4v) is 11.6. The molecule has 0 aliphatic carbocycles. The monoisotopic (exact) mass is 1130 g/mol. The van der Waals surface area contributed by atoms with E-state index in [0.29, 0.717) is 25.9 Å². The maximum absolute atomic E-state index is 12.6. The van der Waals surface area contributed by atoms with E-state index in [4.69, 9.17) is 4.74 Å². The highest BCUT2D eigenvalue weighted by atomic mass is 16.5. The Morgan fingerprint density at radius 1 is 0.338 bits per heavy atom. The van der Waals surface area contributed by atoms with Crippen LogP contribution in [0.15, 0.2) is 24.3 Å². The van der Waals surface area contributed by atoms with Crippen LogP contribution in [0, 0.1) is 0 Å². The van der Waals surface area contributed by atoms with Crippen molar-refractivity contribution < 1.29 is 24.5 Å². The molecule has 0 fully saturated rings. The first-order chi connectivity index (χ1) is 39.5. The molecule has 0 aliphatic heterocycles. The Balaban J connectivity index is 3.41. The number of allylic oxidation sites excluding steroid dienone is 4. The molecule has 0 bridgehead atoms. The van der Waals surface area contributed by atoms with Gasteiger partial charge in [0.25, 0.3) is 0 Å². The summed E-state index contributed by atoms with van der Waals surface area (Å²) in [4.78, 5) is 24.7. The Morgan fingerprint density at radius 2 is 0.588 bits per heavy atom. The van der Waals surface area contributed by atoms with Crippen LogP contribution in [0.25, 0.3) is 0 Å². The van der Waals surface area contributed by atoms with Crippen LogP contribution in [0.1, 0.15) is 412 Å². The number of hydrogen-bond donors (Lipinski definition) is 3. The van der Waals surface area contributed by atoms with Gasteiger partial charge < -0.3 is 20.3 Å². The normalized spacial score (nSPS) is 12.6. The van der Waals surface area contributed by atoms with Crippen molar-refractivity contribution in [2.45, 2.75) is 424 Å². The first kappa shape index (κ1) is 78.3. The van der Waals surface area contributed by atoms with Crippen molar-refractivity contribution in [3.63, 3.8) is 0 Å². The van der Waals surface area contributed by atoms with Gasteiger partial charge in [0.2, 0.25) is 5.91 Å². The molecule has 0 spiro atoms. The van der Waals surface area contributed by atoms with Gasteiger partial charge in [-0.15, -0.1) is 0 Å². The van der Waals surface area contributed by atoms with Gasteiger partial charge in [0.15, 0.2) is 0 Å². The molecule has 0 aromatic rings. The first-order valence-corrected chi connectivity index (χ1v) is 36.6. The Kier molecular flexibility index (Phi) is 68.4. The molecule has 1 amide bonds. The van der Waals surface area contributed by atoms with Gasteiger partial charge in [0.05, 0.1) is 25.4 Å². The smallest absolute Gasteiger partial charge is 0.305 e. The molecule has 0 saturated carbocycles. The number of hydrogen-bond acceptors (Lipinski definition) is 5. The lowest BCUT2D eigenvalue weighted by Gasteiger charge is -2.22. The van der Waals surface area contributed by atoms with Gasteiger partial charge in [-0.3, -0.25) is 9.59 Å². The summed E-state index contributed by atoms with van der Waals surface area (Å²) in [6.07, 6.45) is 88.0. The number of ether oxygens (including phenoxy) is 1. The zero-order valence-corrected chi connectivity index (χ0v) is 54.3. The van der Waals surface area contributed by atoms with Gasteiger partial charge in [-0.2, -0.15) is 0 Å². The second kappa shape index (κ2) is 69.8. The molecule has 2 unspecified atom stereocenters. The molecule has 0 saturated heterocycles. The highest BCUT2D eigenvalue weighted by Gasteiger charge is 2.20. The van der Waals surface area contributed by atoms with Crippen LogP contribution < -0.4 is 5.32 Å². The van der Waals surface area contributed by atoms with Crippen LogP contribution >= 0.6 is 0 Å². The molecular formula is C74H143NO5. The average Bonchev–Trinajstić information content (AvgIpc) is 3.46. The Bertz CT molecular complexity index is 1250. The topological polar surface area (TPSA) is 95.9 Å². The van der Waals surface area contributed by atoms with Crippen molar-refractivity contribution in [3.05, 3.63) is 24.3 Å². The lowest BCUT2D eigenvalue weighted by Crippen LogP contribution is -2.45. The Labute approximate surface area is 501 Å². The van der Waals surface area contributed by atoms with Crippen LogP contribution in [0.2, 0.25) is 0 Å². The summed E-state index contributed by atoms with van der Waals surface area (Å²) in [5.41, 5.74) is 0. The minimum atomic E-state index is -0.672. The molecule has 0 aromatic carbocycles. The number of carbonyl (C=O) groups excluding carboxylic acids is 2. The molecule has 2 atom stereocenters. The SMILES string of the molecule is CCCCCCCC/C=C\CCCCCCCCCCCC(=O)OCCCCCCCCCC/C=C\CCCCCCCCCC(=O)NC(CO)C(O)CCCCCCCCCCCCCCCCCCCCCCCCCCC. The fraction of sp³-hybridized carbons (Fsp3) is 0.919. The number of rotatable bonds is 69. The van der Waals surface area contributed by atoms with E-state index >= 15 is 0 Å². The lowest BCUT2D eigenvalue weighted by molar-refractivity contribution is -0.143. The van der Waals surface area contributed by atoms with Gasteiger partial charge >= 0.3 is 5.97 Å². The van der Waals surface area contributed by atoms with Gasteiger partial charge in [0.1, 0.15) is 0 Å². The summed E-state index contributed by atoms with van der Waals surface area (Å²) < 4.78 is 5.50. The van der Waals surface area contributed by atoms with Crippen LogP contribution in [0.3, 0.4) is 0 Å². The Hall–Kier alpha value is -1.66. The fourth-order valence-electron chi connectivity index (χ4n) is 11.6. The molecule has 0 heterocycles. The van der Waals surface area contributed by atoms with Crippen molar-refractivity contribution >= 4 is 11.9 Å². The number of unbranched alkanes of at least 4 members (excludes halogenated alkanes) is 54. The molecule has 0 aliphatic rings. The number of esters is 1. The van der Waals surface area contributed by atoms with Crippen molar-refractivity contribution in [2.24, 2.45) is 0 Å². The highest BCUT2D eigenvalue weighted by molar-refractivity contribution is 5.76. The zero-order valence-electron chi connectivity index (χ0n) is 54.3. The van der Waals surface area contributed by atoms with Crippen molar-refractivity contribution in [3.8, 4) is 0 Å². The van der Waals surface area contributed by atoms with Crippen LogP contribution in [-0.4, -0.2) is 47.4 Å². The van der Waals surface area contributed by atoms with E-state index in [1.165, 1.54) is 334 Å². The summed E-state index contributed by atoms with van der Waals surface area (Å²) in [5.74, 6) is -0.0348. The van der Waals surface area contributed by atoms with Crippen molar-refractivity contribution in [1.82, 2.24) is 5.32 Å². The van der Waals surface area contributed by atoms with Crippen LogP contribution in [-0.2, 0) is 14.3 Å². The summed E-state index contributed by atoms with van der Waals surface area (Å²) in [6, 6.07) is -0.550. The number of amides is 1. The summed E-state index contributed by atoms with van der Waals surface area (Å²) in [6.45, 7) is 4.98. The predicted molar refractivity (Wildman–Crippen MR) is 352 cm³/mol. The van der Waals surface area contributed by atoms with Gasteiger partial charge in [-0.05, 0) is 77.0 Å². The maximum Gasteiger partial charge on any atom is 0.305 e. The van der Waals surface area contributed by atoms with Crippen molar-refractivity contribution in [1.29, 1.82) is 0 Å². The quantitative estimate of drug-likeness (QED) is 0.0320. The minimum Gasteiger partial charge on any atom is -0.466 e. The first-order valence-electron chi connectivity index (χ1n) is 36.6. The largest absolute Gasteiger partial charge is 0.466 e. The third kappa shape index (κ3) is 65.5. The number of aliphatic hydroxyl groups excluding tert-OH is 2. The molecule has 3 N–H and O–H groups in total. The molecule has 0 aromatic heterocycles. The standard InChI is InChI=1S/C74H143NO5/c1-3-5-7-9-11-13-15-17-19-21-23-24-25-26-27-28-31-34-38-42-46-50-54-58-62-66-72(77)71(70-76)75-73(78)67-63-59-55-51-47-43-39-35-32-29-33-37-41-45-49-53-57-61-65-69-80-74(79)68-64-60-56-52-48-44-40-36-30-22-20-18-16-14-12-10-8-6-4-2/h18,20,29,32,71-72,76-77H,3-17,19,21-28,30-31,33-70H2,1-2H3,(H,75,78)/b20-18-,32-29-. The van der Waals surface area contributed by atoms with Crippen LogP contribution in [0.4, 0.5) is 0 Å². The van der Waals surface area contributed by atoms with E-state index in [-0.39, 0.29) is 18.5 Å². The van der Waals surface area contributed by atoms with E-state index in [9.17, 15) is 19.8 Å². The van der Waals surface area contributed by atoms with E-state index in [2.05, 4.69) is 43.5 Å². The van der Waals surface area contributed by atoms with E-state index < -0.39 is 12.1 Å². The molecular weight excluding hydrogens is 983 g/mol. The molecule has 80 heavy (non-hydrogen) atoms. The molecule has 6 nitrogen and oxygen atoms in total. The third-order valence-electron chi connectivity index (χ3n) is 17.2. The average molecular weight is 1130 g/mol. The van der Waals surface area contributed by atoms with E-state index in [1.807, 2.05) is 0 Å². The van der Waals surface area contributed by atoms with Gasteiger partial charge in [-0.1, -0.05) is 346 Å². The summed E-state index contributed by atoms with van der Waals surface area (Å²) >= 11 is 0. The third-order valence-corrected chi connectivity index (χ3v) is 17.2. The number of aliphatic hydroxyl groups is 2. The molecule has 0 radical (unpaired) electrons. The Morgan fingerprint density at radius 3 is 0.887 bits per heavy atom. The maximum atomic E-state index is 12.6. The predicted octanol–water partition coefficient (Wildman–Crippen LogP) is 23.7. The zero-order chi connectivity index (χ0) is 57.8. The summed E-state index contributed by atoms with van der Waals surface area (Å²) in [5, 5.41) is 23.4. The van der Waals surface area contributed by atoms with Crippen molar-refractivity contribution in [2.75, 3.05) is 13.2 Å². The number of nitrogens with one attached hydrogen (secondary N) is 1. The molecule has 474 valence electrons. The minimum absolute atomic E-state index is 0.00485. The summed E-state index contributed by atoms with van der Waals surface area (Å²) in [7, 11) is 0. The second-order valence-corrected chi connectivity index (χ2v) is 25.3. The second-order valence-electron chi connectivity index (χ2n) is 25.3.